The highest BCUT2D eigenvalue weighted by molar-refractivity contribution is 6.09. The van der Waals surface area contributed by atoms with Gasteiger partial charge in [-0.1, -0.05) is 19.1 Å². The molecule has 0 saturated carbocycles. The number of nitrogens with zero attached hydrogens (tertiary/aromatic N) is 1. The molecule has 0 saturated heterocycles. The first-order valence-corrected chi connectivity index (χ1v) is 6.48. The van der Waals surface area contributed by atoms with Crippen molar-refractivity contribution >= 4 is 17.3 Å². The molecule has 0 aliphatic carbocycles. The zero-order valence-electron chi connectivity index (χ0n) is 10.8. The van der Waals surface area contributed by atoms with Crippen molar-refractivity contribution < 1.29 is 9.21 Å². The van der Waals surface area contributed by atoms with Crippen LogP contribution in [0.2, 0.25) is 0 Å². The molecular formula is C15H16N2O2. The maximum Gasteiger partial charge on any atom is 0.261 e. The average molecular weight is 256 g/mol. The van der Waals surface area contributed by atoms with Crippen molar-refractivity contribution in [2.75, 3.05) is 17.2 Å². The molecular weight excluding hydrogens is 240 g/mol. The molecule has 1 amide bonds. The van der Waals surface area contributed by atoms with E-state index in [-0.39, 0.29) is 5.91 Å². The van der Waals surface area contributed by atoms with Gasteiger partial charge in [0.1, 0.15) is 5.76 Å². The van der Waals surface area contributed by atoms with E-state index in [9.17, 15) is 4.79 Å². The number of hydrogen-bond donors (Lipinski definition) is 1. The molecule has 4 heteroatoms. The highest BCUT2D eigenvalue weighted by atomic mass is 16.3. The summed E-state index contributed by atoms with van der Waals surface area (Å²) in [5, 5.41) is 0. The van der Waals surface area contributed by atoms with Gasteiger partial charge in [0, 0.05) is 13.0 Å². The van der Waals surface area contributed by atoms with E-state index in [0.29, 0.717) is 24.2 Å². The molecule has 4 nitrogen and oxygen atoms in total. The summed E-state index contributed by atoms with van der Waals surface area (Å²) in [5.41, 5.74) is 9.29. The van der Waals surface area contributed by atoms with E-state index in [1.807, 2.05) is 25.1 Å². The Morgan fingerprint density at radius 1 is 1.42 bits per heavy atom. The molecule has 1 aromatic carbocycles. The van der Waals surface area contributed by atoms with E-state index >= 15 is 0 Å². The smallest absolute Gasteiger partial charge is 0.261 e. The minimum absolute atomic E-state index is 0.0257. The van der Waals surface area contributed by atoms with Crippen LogP contribution in [0.1, 0.15) is 28.6 Å². The van der Waals surface area contributed by atoms with Crippen LogP contribution >= 0.6 is 0 Å². The van der Waals surface area contributed by atoms with E-state index in [0.717, 1.165) is 23.4 Å². The van der Waals surface area contributed by atoms with Crippen molar-refractivity contribution in [1.82, 2.24) is 0 Å². The fourth-order valence-electron chi connectivity index (χ4n) is 2.64. The number of carbonyl (C=O) groups excluding carboxylic acids is 1. The second kappa shape index (κ2) is 4.46. The largest absolute Gasteiger partial charge is 0.469 e. The van der Waals surface area contributed by atoms with Crippen LogP contribution in [0, 0.1) is 0 Å². The summed E-state index contributed by atoms with van der Waals surface area (Å²) in [6.45, 7) is 2.65. The van der Waals surface area contributed by atoms with Crippen LogP contribution in [0.25, 0.3) is 0 Å². The van der Waals surface area contributed by atoms with Crippen LogP contribution in [-0.4, -0.2) is 12.5 Å². The lowest BCUT2D eigenvalue weighted by molar-refractivity contribution is 0.0987. The number of aryl methyl sites for hydroxylation is 1. The summed E-state index contributed by atoms with van der Waals surface area (Å²) in [7, 11) is 0. The van der Waals surface area contributed by atoms with Crippen molar-refractivity contribution in [3.05, 3.63) is 47.4 Å². The minimum atomic E-state index is -0.0257. The number of hydrogen-bond acceptors (Lipinski definition) is 3. The predicted octanol–water partition coefficient (Wildman–Crippen LogP) is 2.63. The Labute approximate surface area is 111 Å². The van der Waals surface area contributed by atoms with Crippen molar-refractivity contribution in [1.29, 1.82) is 0 Å². The van der Waals surface area contributed by atoms with E-state index in [2.05, 4.69) is 0 Å². The van der Waals surface area contributed by atoms with Crippen LogP contribution in [-0.2, 0) is 12.8 Å². The first kappa shape index (κ1) is 11.8. The highest BCUT2D eigenvalue weighted by Gasteiger charge is 2.29. The second-order valence-corrected chi connectivity index (χ2v) is 4.67. The van der Waals surface area contributed by atoms with Crippen LogP contribution in [0.5, 0.6) is 0 Å². The third-order valence-corrected chi connectivity index (χ3v) is 3.57. The summed E-state index contributed by atoms with van der Waals surface area (Å²) in [5.74, 6) is 0.704. The number of anilines is 2. The monoisotopic (exact) mass is 256 g/mol. The molecule has 0 spiro atoms. The van der Waals surface area contributed by atoms with Gasteiger partial charge < -0.3 is 15.1 Å². The predicted molar refractivity (Wildman–Crippen MR) is 74.3 cm³/mol. The van der Waals surface area contributed by atoms with Crippen molar-refractivity contribution in [3.63, 3.8) is 0 Å². The lowest BCUT2D eigenvalue weighted by atomic mass is 10.1. The molecule has 1 aromatic heterocycles. The van der Waals surface area contributed by atoms with Crippen LogP contribution in [0.4, 0.5) is 11.4 Å². The lowest BCUT2D eigenvalue weighted by Crippen LogP contribution is -2.29. The summed E-state index contributed by atoms with van der Waals surface area (Å²) in [6, 6.07) is 7.52. The van der Waals surface area contributed by atoms with E-state index in [1.165, 1.54) is 0 Å². The van der Waals surface area contributed by atoms with E-state index in [4.69, 9.17) is 10.2 Å². The Bertz CT molecular complexity index is 631. The number of furan rings is 1. The summed E-state index contributed by atoms with van der Waals surface area (Å²) < 4.78 is 5.33. The SMILES string of the molecule is CCc1occc1C(=O)N1CCc2cccc(N)c21. The van der Waals surface area contributed by atoms with Gasteiger partial charge in [0.2, 0.25) is 0 Å². The number of amides is 1. The molecule has 98 valence electrons. The van der Waals surface area contributed by atoms with Crippen LogP contribution in [0.3, 0.4) is 0 Å². The fraction of sp³-hybridized carbons (Fsp3) is 0.267. The Balaban J connectivity index is 2.00. The molecule has 0 atom stereocenters. The topological polar surface area (TPSA) is 59.5 Å². The number of nitrogen functional groups attached to an aromatic ring is 1. The van der Waals surface area contributed by atoms with Gasteiger partial charge in [0.15, 0.2) is 0 Å². The average Bonchev–Trinajstić information content (AvgIpc) is 3.05. The van der Waals surface area contributed by atoms with Gasteiger partial charge in [-0.25, -0.2) is 0 Å². The maximum atomic E-state index is 12.6. The number of rotatable bonds is 2. The first-order valence-electron chi connectivity index (χ1n) is 6.48. The summed E-state index contributed by atoms with van der Waals surface area (Å²) in [6.07, 6.45) is 3.13. The Morgan fingerprint density at radius 3 is 3.05 bits per heavy atom. The zero-order valence-corrected chi connectivity index (χ0v) is 10.8. The van der Waals surface area contributed by atoms with Crippen molar-refractivity contribution in [2.45, 2.75) is 19.8 Å². The summed E-state index contributed by atoms with van der Waals surface area (Å²) >= 11 is 0. The molecule has 0 radical (unpaired) electrons. The third kappa shape index (κ3) is 1.80. The molecule has 1 aliphatic rings. The van der Waals surface area contributed by atoms with Gasteiger partial charge in [-0.15, -0.1) is 0 Å². The number of para-hydroxylation sites is 1. The van der Waals surface area contributed by atoms with E-state index < -0.39 is 0 Å². The molecule has 19 heavy (non-hydrogen) atoms. The highest BCUT2D eigenvalue weighted by Crippen LogP contribution is 2.35. The standard InChI is InChI=1S/C15H16N2O2/c1-2-13-11(7-9-19-13)15(18)17-8-6-10-4-3-5-12(16)14(10)17/h3-5,7,9H,2,6,8,16H2,1H3. The van der Waals surface area contributed by atoms with E-state index in [1.54, 1.807) is 17.2 Å². The molecule has 2 aromatic rings. The molecule has 1 aliphatic heterocycles. The first-order chi connectivity index (χ1) is 9.22. The number of nitrogens with two attached hydrogens (primary N) is 1. The molecule has 0 bridgehead atoms. The molecule has 0 unspecified atom stereocenters. The van der Waals surface area contributed by atoms with Crippen LogP contribution < -0.4 is 10.6 Å². The molecule has 0 fully saturated rings. The number of benzene rings is 1. The number of fused-ring (bicyclic) bond motifs is 1. The second-order valence-electron chi connectivity index (χ2n) is 4.67. The van der Waals surface area contributed by atoms with Gasteiger partial charge in [0.25, 0.3) is 5.91 Å². The van der Waals surface area contributed by atoms with Crippen LogP contribution in [0.15, 0.2) is 34.9 Å². The Hall–Kier alpha value is -2.23. The van der Waals surface area contributed by atoms with Crippen molar-refractivity contribution in [3.8, 4) is 0 Å². The van der Waals surface area contributed by atoms with Gasteiger partial charge in [-0.2, -0.15) is 0 Å². The van der Waals surface area contributed by atoms with Gasteiger partial charge >= 0.3 is 0 Å². The Kier molecular flexibility index (Phi) is 2.78. The van der Waals surface area contributed by atoms with Gasteiger partial charge in [-0.3, -0.25) is 4.79 Å². The van der Waals surface area contributed by atoms with Gasteiger partial charge in [-0.05, 0) is 24.1 Å². The molecule has 2 N–H and O–H groups in total. The third-order valence-electron chi connectivity index (χ3n) is 3.57. The minimum Gasteiger partial charge on any atom is -0.469 e. The summed E-state index contributed by atoms with van der Waals surface area (Å²) in [4.78, 5) is 14.4. The molecule has 2 heterocycles. The normalized spacial score (nSPS) is 13.6. The maximum absolute atomic E-state index is 12.6. The Morgan fingerprint density at radius 2 is 2.26 bits per heavy atom. The fourth-order valence-corrected chi connectivity index (χ4v) is 2.64. The number of carbonyl (C=O) groups is 1. The zero-order chi connectivity index (χ0) is 13.4. The quantitative estimate of drug-likeness (QED) is 0.840. The van der Waals surface area contributed by atoms with Gasteiger partial charge in [0.05, 0.1) is 23.2 Å². The van der Waals surface area contributed by atoms with Crippen molar-refractivity contribution in [2.24, 2.45) is 0 Å². The lowest BCUT2D eigenvalue weighted by Gasteiger charge is -2.18. The molecule has 3 rings (SSSR count).